The minimum Gasteiger partial charge on any atom is -0.475 e. The number of hydrogen-bond acceptors (Lipinski definition) is 4. The van der Waals surface area contributed by atoms with Crippen LogP contribution >= 0.6 is 27.7 Å². The van der Waals surface area contributed by atoms with Crippen molar-refractivity contribution in [3.8, 4) is 0 Å². The second kappa shape index (κ2) is 5.58. The van der Waals surface area contributed by atoms with E-state index < -0.39 is 5.97 Å². The Morgan fingerprint density at radius 1 is 1.50 bits per heavy atom. The van der Waals surface area contributed by atoms with Crippen LogP contribution in [-0.2, 0) is 0 Å². The zero-order valence-electron chi connectivity index (χ0n) is 9.46. The Hall–Kier alpha value is -1.27. The average Bonchev–Trinajstić information content (AvgIpc) is 2.81. The monoisotopic (exact) mass is 327 g/mol. The molecule has 2 aromatic rings. The van der Waals surface area contributed by atoms with Crippen molar-refractivity contribution in [2.45, 2.75) is 17.2 Å². The summed E-state index contributed by atoms with van der Waals surface area (Å²) in [6, 6.07) is 6.89. The standard InChI is InChI=1S/C12H10BrNO3S/c1-7(9-4-5-10(17-9)12(15)16)18-11-8(13)3-2-6-14-11/h2-7H,1H3,(H,15,16). The fourth-order valence-corrected chi connectivity index (χ4v) is 2.79. The molecule has 0 amide bonds. The lowest BCUT2D eigenvalue weighted by atomic mass is 10.3. The second-order valence-corrected chi connectivity index (χ2v) is 5.74. The molecule has 1 atom stereocenters. The predicted molar refractivity (Wildman–Crippen MR) is 71.9 cm³/mol. The molecule has 2 heterocycles. The Kier molecular flexibility index (Phi) is 4.08. The van der Waals surface area contributed by atoms with E-state index in [2.05, 4.69) is 20.9 Å². The molecule has 94 valence electrons. The molecule has 0 aliphatic heterocycles. The SMILES string of the molecule is CC(Sc1ncccc1Br)c1ccc(C(=O)O)o1. The molecular formula is C12H10BrNO3S. The summed E-state index contributed by atoms with van der Waals surface area (Å²) in [5.41, 5.74) is 0. The summed E-state index contributed by atoms with van der Waals surface area (Å²) in [5.74, 6) is -0.482. The van der Waals surface area contributed by atoms with Crippen molar-refractivity contribution in [3.05, 3.63) is 46.5 Å². The van der Waals surface area contributed by atoms with Gasteiger partial charge in [-0.3, -0.25) is 0 Å². The van der Waals surface area contributed by atoms with Gasteiger partial charge in [-0.15, -0.1) is 0 Å². The molecule has 18 heavy (non-hydrogen) atoms. The number of carbonyl (C=O) groups is 1. The van der Waals surface area contributed by atoms with Gasteiger partial charge in [-0.25, -0.2) is 9.78 Å². The summed E-state index contributed by atoms with van der Waals surface area (Å²) in [5, 5.41) is 9.63. The van der Waals surface area contributed by atoms with Crippen molar-refractivity contribution in [2.24, 2.45) is 0 Å². The van der Waals surface area contributed by atoms with Crippen molar-refractivity contribution in [2.75, 3.05) is 0 Å². The van der Waals surface area contributed by atoms with E-state index in [9.17, 15) is 4.79 Å². The third kappa shape index (κ3) is 2.94. The average molecular weight is 328 g/mol. The fourth-order valence-electron chi connectivity index (χ4n) is 1.37. The number of carboxylic acids is 1. The molecule has 1 N–H and O–H groups in total. The molecule has 6 heteroatoms. The van der Waals surface area contributed by atoms with Crippen LogP contribution in [0.5, 0.6) is 0 Å². The lowest BCUT2D eigenvalue weighted by molar-refractivity contribution is 0.0660. The molecule has 0 radical (unpaired) electrons. The number of aromatic carboxylic acids is 1. The largest absolute Gasteiger partial charge is 0.475 e. The van der Waals surface area contributed by atoms with E-state index in [1.54, 1.807) is 12.3 Å². The molecule has 2 aromatic heterocycles. The minimum atomic E-state index is -1.06. The zero-order chi connectivity index (χ0) is 13.1. The normalized spacial score (nSPS) is 12.3. The Morgan fingerprint density at radius 2 is 2.28 bits per heavy atom. The lowest BCUT2D eigenvalue weighted by Gasteiger charge is -2.08. The van der Waals surface area contributed by atoms with Crippen LogP contribution in [-0.4, -0.2) is 16.1 Å². The van der Waals surface area contributed by atoms with Gasteiger partial charge in [0, 0.05) is 10.7 Å². The van der Waals surface area contributed by atoms with Crippen LogP contribution in [0, 0.1) is 0 Å². The Balaban J connectivity index is 2.14. The first-order valence-electron chi connectivity index (χ1n) is 5.18. The van der Waals surface area contributed by atoms with Crippen LogP contribution in [0.1, 0.15) is 28.5 Å². The number of carboxylic acid groups (broad SMARTS) is 1. The maximum atomic E-state index is 10.7. The van der Waals surface area contributed by atoms with E-state index in [4.69, 9.17) is 9.52 Å². The molecule has 0 fully saturated rings. The molecule has 4 nitrogen and oxygen atoms in total. The highest BCUT2D eigenvalue weighted by Gasteiger charge is 2.16. The van der Waals surface area contributed by atoms with Crippen LogP contribution in [0.3, 0.4) is 0 Å². The summed E-state index contributed by atoms with van der Waals surface area (Å²) < 4.78 is 6.16. The Morgan fingerprint density at radius 3 is 2.89 bits per heavy atom. The number of thioether (sulfide) groups is 1. The number of rotatable bonds is 4. The number of aromatic nitrogens is 1. The van der Waals surface area contributed by atoms with Crippen LogP contribution in [0.2, 0.25) is 0 Å². The summed E-state index contributed by atoms with van der Waals surface area (Å²) in [6.45, 7) is 1.94. The van der Waals surface area contributed by atoms with E-state index in [-0.39, 0.29) is 11.0 Å². The van der Waals surface area contributed by atoms with Gasteiger partial charge in [-0.2, -0.15) is 0 Å². The molecular weight excluding hydrogens is 318 g/mol. The molecule has 2 rings (SSSR count). The Bertz CT molecular complexity index is 570. The van der Waals surface area contributed by atoms with Crippen molar-refractivity contribution in [1.29, 1.82) is 0 Å². The quantitative estimate of drug-likeness (QED) is 0.860. The van der Waals surface area contributed by atoms with Gasteiger partial charge in [-0.05, 0) is 47.1 Å². The smallest absolute Gasteiger partial charge is 0.371 e. The molecule has 0 aliphatic rings. The number of furan rings is 1. The highest BCUT2D eigenvalue weighted by atomic mass is 79.9. The van der Waals surface area contributed by atoms with Crippen molar-refractivity contribution in [3.63, 3.8) is 0 Å². The van der Waals surface area contributed by atoms with Crippen molar-refractivity contribution in [1.82, 2.24) is 4.98 Å². The molecule has 0 saturated heterocycles. The fraction of sp³-hybridized carbons (Fsp3) is 0.167. The molecule has 0 aromatic carbocycles. The van der Waals surface area contributed by atoms with E-state index in [0.29, 0.717) is 5.76 Å². The molecule has 0 bridgehead atoms. The van der Waals surface area contributed by atoms with Gasteiger partial charge in [0.05, 0.1) is 5.25 Å². The van der Waals surface area contributed by atoms with Gasteiger partial charge in [0.1, 0.15) is 10.8 Å². The maximum absolute atomic E-state index is 10.7. The third-order valence-electron chi connectivity index (χ3n) is 2.25. The zero-order valence-corrected chi connectivity index (χ0v) is 11.9. The Labute approximate surface area is 117 Å². The minimum absolute atomic E-state index is 0.00991. The number of halogens is 1. The van der Waals surface area contributed by atoms with Crippen molar-refractivity contribution < 1.29 is 14.3 Å². The number of nitrogens with zero attached hydrogens (tertiary/aromatic N) is 1. The topological polar surface area (TPSA) is 63.3 Å². The van der Waals surface area contributed by atoms with Crippen LogP contribution in [0.25, 0.3) is 0 Å². The van der Waals surface area contributed by atoms with Crippen LogP contribution in [0.4, 0.5) is 0 Å². The molecule has 0 spiro atoms. The molecule has 0 aliphatic carbocycles. The summed E-state index contributed by atoms with van der Waals surface area (Å²) in [6.07, 6.45) is 1.71. The first-order valence-corrected chi connectivity index (χ1v) is 6.85. The summed E-state index contributed by atoms with van der Waals surface area (Å²) in [4.78, 5) is 15.0. The van der Waals surface area contributed by atoms with E-state index in [0.717, 1.165) is 9.50 Å². The first-order chi connectivity index (χ1) is 8.58. The van der Waals surface area contributed by atoms with Crippen molar-refractivity contribution >= 4 is 33.7 Å². The second-order valence-electron chi connectivity index (χ2n) is 3.56. The van der Waals surface area contributed by atoms with Gasteiger partial charge in [-0.1, -0.05) is 11.8 Å². The highest BCUT2D eigenvalue weighted by Crippen LogP contribution is 2.37. The van der Waals surface area contributed by atoms with Gasteiger partial charge in [0.2, 0.25) is 5.76 Å². The molecule has 1 unspecified atom stereocenters. The third-order valence-corrected chi connectivity index (χ3v) is 4.29. The van der Waals surface area contributed by atoms with Gasteiger partial charge in [0.15, 0.2) is 0 Å². The van der Waals surface area contributed by atoms with E-state index >= 15 is 0 Å². The maximum Gasteiger partial charge on any atom is 0.371 e. The highest BCUT2D eigenvalue weighted by molar-refractivity contribution is 9.10. The summed E-state index contributed by atoms with van der Waals surface area (Å²) in [7, 11) is 0. The van der Waals surface area contributed by atoms with Gasteiger partial charge in [0.25, 0.3) is 0 Å². The number of pyridine rings is 1. The van der Waals surface area contributed by atoms with Crippen LogP contribution < -0.4 is 0 Å². The van der Waals surface area contributed by atoms with Gasteiger partial charge >= 0.3 is 5.97 Å². The first kappa shape index (κ1) is 13.2. The van der Waals surface area contributed by atoms with E-state index in [1.807, 2.05) is 19.1 Å². The van der Waals surface area contributed by atoms with E-state index in [1.165, 1.54) is 17.8 Å². The summed E-state index contributed by atoms with van der Waals surface area (Å²) >= 11 is 4.92. The predicted octanol–water partition coefficient (Wildman–Crippen LogP) is 3.99. The molecule has 0 saturated carbocycles. The number of hydrogen-bond donors (Lipinski definition) is 1. The van der Waals surface area contributed by atoms with Gasteiger partial charge < -0.3 is 9.52 Å². The lowest BCUT2D eigenvalue weighted by Crippen LogP contribution is -1.93. The van der Waals surface area contributed by atoms with Crippen LogP contribution in [0.15, 0.2) is 44.4 Å².